The van der Waals surface area contributed by atoms with E-state index < -0.39 is 5.54 Å². The third-order valence-electron chi connectivity index (χ3n) is 2.79. The fourth-order valence-electron chi connectivity index (χ4n) is 1.67. The maximum absolute atomic E-state index is 11.7. The fraction of sp³-hybridized carbons (Fsp3) is 0.364. The number of rotatable bonds is 1. The Morgan fingerprint density at radius 3 is 2.88 bits per heavy atom. The highest BCUT2D eigenvalue weighted by Crippen LogP contribution is 2.32. The van der Waals surface area contributed by atoms with Gasteiger partial charge in [-0.25, -0.2) is 0 Å². The second kappa shape index (κ2) is 3.59. The molecule has 0 bridgehead atoms. The Balaban J connectivity index is 2.40. The van der Waals surface area contributed by atoms with Gasteiger partial charge in [0.15, 0.2) is 0 Å². The van der Waals surface area contributed by atoms with Gasteiger partial charge in [0.2, 0.25) is 5.91 Å². The van der Waals surface area contributed by atoms with Crippen molar-refractivity contribution in [3.63, 3.8) is 0 Å². The standard InChI is InChI=1S/C11H14N4O/c1-11(4-10(16)15(2)7-14-11)8-3-9(12)6-13-5-8/h3,5-7H,4,12H2,1-2H3/t11-/m0/s1. The Kier molecular flexibility index (Phi) is 2.38. The Morgan fingerprint density at radius 1 is 1.50 bits per heavy atom. The Morgan fingerprint density at radius 2 is 2.25 bits per heavy atom. The van der Waals surface area contributed by atoms with Crippen LogP contribution in [-0.4, -0.2) is 29.2 Å². The number of pyridine rings is 1. The molecule has 2 heterocycles. The molecular weight excluding hydrogens is 204 g/mol. The zero-order valence-electron chi connectivity index (χ0n) is 9.34. The number of hydrogen-bond acceptors (Lipinski definition) is 4. The highest BCUT2D eigenvalue weighted by Gasteiger charge is 2.33. The van der Waals surface area contributed by atoms with E-state index in [1.165, 1.54) is 4.90 Å². The smallest absolute Gasteiger partial charge is 0.230 e. The van der Waals surface area contributed by atoms with Gasteiger partial charge in [0, 0.05) is 25.0 Å². The molecule has 0 radical (unpaired) electrons. The number of hydrogen-bond donors (Lipinski definition) is 1. The molecule has 2 N–H and O–H groups in total. The van der Waals surface area contributed by atoms with Gasteiger partial charge in [-0.05, 0) is 13.0 Å². The predicted octanol–water partition coefficient (Wildman–Crippen LogP) is 0.769. The molecule has 0 aromatic carbocycles. The third-order valence-corrected chi connectivity index (χ3v) is 2.79. The summed E-state index contributed by atoms with van der Waals surface area (Å²) < 4.78 is 0. The molecule has 2 rings (SSSR count). The van der Waals surface area contributed by atoms with Crippen LogP contribution in [0.3, 0.4) is 0 Å². The summed E-state index contributed by atoms with van der Waals surface area (Å²) in [7, 11) is 1.70. The molecule has 1 atom stereocenters. The lowest BCUT2D eigenvalue weighted by atomic mass is 9.89. The minimum atomic E-state index is -0.550. The molecule has 0 saturated heterocycles. The summed E-state index contributed by atoms with van der Waals surface area (Å²) in [4.78, 5) is 21.6. The summed E-state index contributed by atoms with van der Waals surface area (Å²) in [5.74, 6) is 0.0416. The zero-order chi connectivity index (χ0) is 11.8. The average Bonchev–Trinajstić information content (AvgIpc) is 2.24. The molecule has 5 nitrogen and oxygen atoms in total. The van der Waals surface area contributed by atoms with Crippen molar-refractivity contribution in [2.24, 2.45) is 4.99 Å². The Labute approximate surface area is 94.0 Å². The summed E-state index contributed by atoms with van der Waals surface area (Å²) in [5.41, 5.74) is 6.58. The van der Waals surface area contributed by atoms with Gasteiger partial charge >= 0.3 is 0 Å². The number of aromatic nitrogens is 1. The first-order chi connectivity index (χ1) is 7.51. The highest BCUT2D eigenvalue weighted by atomic mass is 16.2. The lowest BCUT2D eigenvalue weighted by Crippen LogP contribution is -2.38. The van der Waals surface area contributed by atoms with Crippen molar-refractivity contribution in [3.8, 4) is 0 Å². The highest BCUT2D eigenvalue weighted by molar-refractivity contribution is 5.90. The number of nitrogens with two attached hydrogens (primary N) is 1. The summed E-state index contributed by atoms with van der Waals surface area (Å²) in [6.45, 7) is 1.91. The second-order valence-electron chi connectivity index (χ2n) is 4.21. The van der Waals surface area contributed by atoms with E-state index >= 15 is 0 Å². The number of anilines is 1. The number of aliphatic imine (C=N–C) groups is 1. The molecule has 0 fully saturated rings. The number of nitrogen functional groups attached to an aromatic ring is 1. The summed E-state index contributed by atoms with van der Waals surface area (Å²) in [6.07, 6.45) is 5.17. The van der Waals surface area contributed by atoms with Gasteiger partial charge in [-0.1, -0.05) is 0 Å². The molecule has 84 valence electrons. The molecule has 1 amide bonds. The largest absolute Gasteiger partial charge is 0.397 e. The summed E-state index contributed by atoms with van der Waals surface area (Å²) >= 11 is 0. The maximum Gasteiger partial charge on any atom is 0.230 e. The van der Waals surface area contributed by atoms with Crippen LogP contribution < -0.4 is 5.73 Å². The molecule has 0 unspecified atom stereocenters. The van der Waals surface area contributed by atoms with Gasteiger partial charge in [-0.3, -0.25) is 14.8 Å². The van der Waals surface area contributed by atoms with Crippen molar-refractivity contribution >= 4 is 17.9 Å². The van der Waals surface area contributed by atoms with Crippen molar-refractivity contribution in [1.82, 2.24) is 9.88 Å². The molecule has 16 heavy (non-hydrogen) atoms. The molecule has 1 aliphatic heterocycles. The van der Waals surface area contributed by atoms with Gasteiger partial charge in [-0.15, -0.1) is 0 Å². The van der Waals surface area contributed by atoms with Crippen LogP contribution in [0, 0.1) is 0 Å². The van der Waals surface area contributed by atoms with E-state index in [0.717, 1.165) is 5.56 Å². The fourth-order valence-corrected chi connectivity index (χ4v) is 1.67. The molecule has 1 aromatic heterocycles. The maximum atomic E-state index is 11.7. The van der Waals surface area contributed by atoms with E-state index in [2.05, 4.69) is 9.98 Å². The van der Waals surface area contributed by atoms with Crippen LogP contribution in [0.25, 0.3) is 0 Å². The zero-order valence-corrected chi connectivity index (χ0v) is 9.34. The van der Waals surface area contributed by atoms with Crippen LogP contribution in [0.2, 0.25) is 0 Å². The number of amides is 1. The average molecular weight is 218 g/mol. The predicted molar refractivity (Wildman–Crippen MR) is 61.9 cm³/mol. The monoisotopic (exact) mass is 218 g/mol. The number of nitrogens with zero attached hydrogens (tertiary/aromatic N) is 3. The van der Waals surface area contributed by atoms with Gasteiger partial charge in [-0.2, -0.15) is 0 Å². The van der Waals surface area contributed by atoms with Crippen molar-refractivity contribution in [2.45, 2.75) is 18.9 Å². The van der Waals surface area contributed by atoms with E-state index in [4.69, 9.17) is 5.73 Å². The van der Waals surface area contributed by atoms with Crippen LogP contribution in [-0.2, 0) is 10.3 Å². The first-order valence-corrected chi connectivity index (χ1v) is 5.03. The van der Waals surface area contributed by atoms with Crippen molar-refractivity contribution < 1.29 is 4.79 Å². The van der Waals surface area contributed by atoms with Crippen LogP contribution in [0.1, 0.15) is 18.9 Å². The molecule has 5 heteroatoms. The Bertz CT molecular complexity index is 457. The third kappa shape index (κ3) is 1.76. The van der Waals surface area contributed by atoms with Crippen LogP contribution >= 0.6 is 0 Å². The molecular formula is C11H14N4O. The van der Waals surface area contributed by atoms with Crippen molar-refractivity contribution in [1.29, 1.82) is 0 Å². The van der Waals surface area contributed by atoms with Crippen molar-refractivity contribution in [2.75, 3.05) is 12.8 Å². The van der Waals surface area contributed by atoms with E-state index in [1.54, 1.807) is 25.8 Å². The minimum absolute atomic E-state index is 0.0416. The lowest BCUT2D eigenvalue weighted by Gasteiger charge is -2.31. The van der Waals surface area contributed by atoms with Gasteiger partial charge < -0.3 is 10.6 Å². The SMILES string of the molecule is CN1C=N[C@](C)(c2cncc(N)c2)CC1=O. The van der Waals surface area contributed by atoms with Crippen LogP contribution in [0.5, 0.6) is 0 Å². The van der Waals surface area contributed by atoms with Gasteiger partial charge in [0.1, 0.15) is 0 Å². The van der Waals surface area contributed by atoms with Crippen LogP contribution in [0.4, 0.5) is 5.69 Å². The number of carbonyl (C=O) groups excluding carboxylic acids is 1. The molecule has 1 aliphatic rings. The molecule has 0 spiro atoms. The van der Waals surface area contributed by atoms with Gasteiger partial charge in [0.25, 0.3) is 0 Å². The van der Waals surface area contributed by atoms with Crippen LogP contribution in [0.15, 0.2) is 23.5 Å². The number of carbonyl (C=O) groups is 1. The van der Waals surface area contributed by atoms with E-state index in [-0.39, 0.29) is 5.91 Å². The first kappa shape index (κ1) is 10.6. The van der Waals surface area contributed by atoms with E-state index in [9.17, 15) is 4.79 Å². The minimum Gasteiger partial charge on any atom is -0.397 e. The molecule has 0 saturated carbocycles. The molecule has 0 aliphatic carbocycles. The molecule has 1 aromatic rings. The lowest BCUT2D eigenvalue weighted by molar-refractivity contribution is -0.128. The quantitative estimate of drug-likeness (QED) is 0.756. The normalized spacial score (nSPS) is 24.9. The second-order valence-corrected chi connectivity index (χ2v) is 4.21. The van der Waals surface area contributed by atoms with Gasteiger partial charge in [0.05, 0.1) is 24.0 Å². The summed E-state index contributed by atoms with van der Waals surface area (Å²) in [6, 6.07) is 1.81. The van der Waals surface area contributed by atoms with Crippen molar-refractivity contribution in [3.05, 3.63) is 24.0 Å². The summed E-state index contributed by atoms with van der Waals surface area (Å²) in [5, 5.41) is 0. The van der Waals surface area contributed by atoms with E-state index in [0.29, 0.717) is 12.1 Å². The Hall–Kier alpha value is -1.91. The first-order valence-electron chi connectivity index (χ1n) is 5.03. The topological polar surface area (TPSA) is 71.6 Å². The van der Waals surface area contributed by atoms with E-state index in [1.807, 2.05) is 13.0 Å².